The monoisotopic (exact) mass is 1300 g/mol. The average Bonchev–Trinajstić information content (AvgIpc) is 3.53. The second-order valence-electron chi connectivity index (χ2n) is 18.9. The predicted octanol–water partition coefficient (Wildman–Crippen LogP) is 0.818. The minimum absolute atomic E-state index is 0.248. The fourth-order valence-corrected chi connectivity index (χ4v) is 6.80. The van der Waals surface area contributed by atoms with Crippen LogP contribution in [0.15, 0.2) is 0 Å². The van der Waals surface area contributed by atoms with Crippen LogP contribution in [0, 0.1) is 0 Å². The Balaban J connectivity index is 3.09. The van der Waals surface area contributed by atoms with Crippen LogP contribution in [0.1, 0.15) is 32.1 Å². The van der Waals surface area contributed by atoms with Gasteiger partial charge < -0.3 is 135 Å². The Labute approximate surface area is 533 Å². The highest BCUT2D eigenvalue weighted by molar-refractivity contribution is 5.66. The molecule has 0 rings (SSSR count). The largest absolute Gasteiger partial charge is 0.481 e. The molecule has 0 heterocycles. The summed E-state index contributed by atoms with van der Waals surface area (Å²) in [5.74, 6) is -0.725. The van der Waals surface area contributed by atoms with Crippen molar-refractivity contribution in [3.05, 3.63) is 0 Å². The quantitative estimate of drug-likeness (QED) is 0.0613. The maximum Gasteiger partial charge on any atom is 0.303 e. The van der Waals surface area contributed by atoms with Crippen molar-refractivity contribution >= 4 is 5.97 Å². The summed E-state index contributed by atoms with van der Waals surface area (Å²) < 4.78 is 132. The Morgan fingerprint density at radius 3 is 0.517 bits per heavy atom. The number of hydrogen-bond donors (Lipinski definition) is 4. The molecule has 0 aliphatic heterocycles. The Kier molecular flexibility index (Phi) is 82.9. The van der Waals surface area contributed by atoms with Gasteiger partial charge in [0, 0.05) is 33.2 Å². The average molecular weight is 1300 g/mol. The molecule has 0 amide bonds. The molecule has 534 valence electrons. The summed E-state index contributed by atoms with van der Waals surface area (Å²) in [6, 6.07) is 0. The van der Waals surface area contributed by atoms with Gasteiger partial charge in [0.25, 0.3) is 0 Å². The summed E-state index contributed by atoms with van der Waals surface area (Å²) >= 11 is 0. The number of aliphatic carboxylic acids is 1. The maximum atomic E-state index is 10.5. The first-order chi connectivity index (χ1) is 44.3. The van der Waals surface area contributed by atoms with Crippen LogP contribution in [0.5, 0.6) is 0 Å². The molecule has 0 saturated heterocycles. The molecule has 0 atom stereocenters. The first-order valence-corrected chi connectivity index (χ1v) is 32.4. The second kappa shape index (κ2) is 84.4. The molecule has 0 aromatic heterocycles. The molecule has 0 aromatic rings. The highest BCUT2D eigenvalue weighted by atomic mass is 16.6. The Bertz CT molecular complexity index is 1280. The molecule has 0 aliphatic carbocycles. The van der Waals surface area contributed by atoms with Gasteiger partial charge in [-0.3, -0.25) is 4.79 Å². The van der Waals surface area contributed by atoms with Gasteiger partial charge in [-0.05, 0) is 45.3 Å². The summed E-state index contributed by atoms with van der Waals surface area (Å²) in [7, 11) is 1.64. The van der Waals surface area contributed by atoms with Crippen LogP contribution in [-0.4, -0.2) is 368 Å². The molecule has 29 heteroatoms. The van der Waals surface area contributed by atoms with E-state index in [1.54, 1.807) is 7.11 Å². The highest BCUT2D eigenvalue weighted by Crippen LogP contribution is 1.94. The number of ether oxygens (including phenoxy) is 24. The second-order valence-corrected chi connectivity index (χ2v) is 18.9. The molecule has 0 aliphatic rings. The molecular formula is C60H123N3O26. The third-order valence-electron chi connectivity index (χ3n) is 11.5. The lowest BCUT2D eigenvalue weighted by molar-refractivity contribution is -0.137. The number of carbonyl (C=O) groups is 1. The molecule has 29 nitrogen and oxygen atoms in total. The summed E-state index contributed by atoms with van der Waals surface area (Å²) in [4.78, 5) is 10.5. The molecule has 4 N–H and O–H groups in total. The van der Waals surface area contributed by atoms with Crippen LogP contribution < -0.4 is 16.0 Å². The van der Waals surface area contributed by atoms with Crippen LogP contribution >= 0.6 is 0 Å². The van der Waals surface area contributed by atoms with E-state index in [4.69, 9.17) is 119 Å². The summed E-state index contributed by atoms with van der Waals surface area (Å²) in [5, 5.41) is 18.8. The van der Waals surface area contributed by atoms with Gasteiger partial charge in [0.1, 0.15) is 0 Å². The van der Waals surface area contributed by atoms with Gasteiger partial charge >= 0.3 is 5.97 Å². The molecule has 0 saturated carbocycles. The van der Waals surface area contributed by atoms with E-state index < -0.39 is 5.97 Å². The van der Waals surface area contributed by atoms with Crippen molar-refractivity contribution in [1.82, 2.24) is 16.0 Å². The zero-order valence-corrected chi connectivity index (χ0v) is 54.7. The van der Waals surface area contributed by atoms with E-state index in [0.717, 1.165) is 65.0 Å². The van der Waals surface area contributed by atoms with Crippen LogP contribution in [0.4, 0.5) is 0 Å². The molecule has 89 heavy (non-hydrogen) atoms. The summed E-state index contributed by atoms with van der Waals surface area (Å²) in [6.07, 6.45) is 4.10. The lowest BCUT2D eigenvalue weighted by atomic mass is 10.2. The Morgan fingerprint density at radius 1 is 0.202 bits per heavy atom. The third-order valence-corrected chi connectivity index (χ3v) is 11.5. The van der Waals surface area contributed by atoms with Gasteiger partial charge in [0.15, 0.2) is 0 Å². The van der Waals surface area contributed by atoms with Crippen LogP contribution in [0.3, 0.4) is 0 Å². The molecule has 0 unspecified atom stereocenters. The Morgan fingerprint density at radius 2 is 0.348 bits per heavy atom. The molecular weight excluding hydrogens is 1180 g/mol. The van der Waals surface area contributed by atoms with E-state index in [0.29, 0.717) is 311 Å². The van der Waals surface area contributed by atoms with E-state index in [9.17, 15) is 4.79 Å². The molecule has 0 bridgehead atoms. The van der Waals surface area contributed by atoms with E-state index in [1.807, 2.05) is 0 Å². The van der Waals surface area contributed by atoms with Gasteiger partial charge in [-0.25, -0.2) is 0 Å². The topological polar surface area (TPSA) is 295 Å². The maximum absolute atomic E-state index is 10.5. The van der Waals surface area contributed by atoms with Crippen LogP contribution in [0.25, 0.3) is 0 Å². The van der Waals surface area contributed by atoms with Crippen molar-refractivity contribution in [2.24, 2.45) is 0 Å². The van der Waals surface area contributed by atoms with E-state index in [2.05, 4.69) is 16.0 Å². The van der Waals surface area contributed by atoms with Crippen molar-refractivity contribution in [3.8, 4) is 0 Å². The van der Waals surface area contributed by atoms with Crippen molar-refractivity contribution in [2.75, 3.05) is 357 Å². The van der Waals surface area contributed by atoms with Crippen molar-refractivity contribution < 1.29 is 124 Å². The first kappa shape index (κ1) is 87.4. The smallest absolute Gasteiger partial charge is 0.303 e. The molecule has 0 aromatic carbocycles. The Hall–Kier alpha value is -1.61. The lowest BCUT2D eigenvalue weighted by Crippen LogP contribution is -2.29. The minimum Gasteiger partial charge on any atom is -0.481 e. The third kappa shape index (κ3) is 86.4. The van der Waals surface area contributed by atoms with Crippen LogP contribution in [0.2, 0.25) is 0 Å². The molecule has 0 spiro atoms. The standard InChI is InChI=1S/C60H123N3O26/c1-66-14-15-68-18-19-70-22-23-72-26-27-74-30-31-76-34-35-78-38-39-80-42-43-82-46-47-84-50-51-86-54-55-88-58-59-89-57-56-87-53-52-85-49-48-83-45-44-81-41-40-79-37-36-77-33-32-75-29-28-73-25-24-71-21-20-69-17-16-67-13-12-63-9-5-4-8-62-11-10-61-7-3-2-6-60(64)65/h61-63H,2-59H2,1H3,(H,64,65). The number of rotatable bonds is 85. The van der Waals surface area contributed by atoms with Gasteiger partial charge in [-0.1, -0.05) is 0 Å². The number of carboxylic acids is 1. The zero-order valence-electron chi connectivity index (χ0n) is 54.7. The number of carboxylic acid groups (broad SMARTS) is 1. The predicted molar refractivity (Wildman–Crippen MR) is 330 cm³/mol. The minimum atomic E-state index is -0.725. The van der Waals surface area contributed by atoms with Crippen molar-refractivity contribution in [2.45, 2.75) is 32.1 Å². The van der Waals surface area contributed by atoms with Gasteiger partial charge in [0.05, 0.1) is 311 Å². The van der Waals surface area contributed by atoms with Gasteiger partial charge in [0.2, 0.25) is 0 Å². The summed E-state index contributed by atoms with van der Waals surface area (Å²) in [5.41, 5.74) is 0. The highest BCUT2D eigenvalue weighted by Gasteiger charge is 2.02. The first-order valence-electron chi connectivity index (χ1n) is 32.4. The van der Waals surface area contributed by atoms with E-state index in [-0.39, 0.29) is 6.42 Å². The van der Waals surface area contributed by atoms with Crippen molar-refractivity contribution in [3.63, 3.8) is 0 Å². The van der Waals surface area contributed by atoms with E-state index >= 15 is 0 Å². The number of nitrogens with one attached hydrogen (secondary N) is 3. The van der Waals surface area contributed by atoms with Gasteiger partial charge in [-0.2, -0.15) is 0 Å². The fourth-order valence-electron chi connectivity index (χ4n) is 6.80. The number of methoxy groups -OCH3 is 1. The number of unbranched alkanes of at least 4 members (excludes halogenated alkanes) is 2. The van der Waals surface area contributed by atoms with Crippen LogP contribution in [-0.2, 0) is 118 Å². The molecule has 0 fully saturated rings. The zero-order chi connectivity index (χ0) is 63.7. The fraction of sp³-hybridized carbons (Fsp3) is 0.983. The molecule has 0 radical (unpaired) electrons. The normalized spacial score (nSPS) is 11.7. The lowest BCUT2D eigenvalue weighted by Gasteiger charge is -2.09. The van der Waals surface area contributed by atoms with Gasteiger partial charge in [-0.15, -0.1) is 0 Å². The van der Waals surface area contributed by atoms with E-state index in [1.165, 1.54) is 0 Å². The SMILES string of the molecule is COCCOCCOCCOCCOCCOCCOCCOCCOCCOCCOCCOCCOCCOCCOCCOCCOCCOCCOCCOCCOCCOCCOCCOCCNCCCCNCCNCCCCC(=O)O. The number of hydrogen-bond acceptors (Lipinski definition) is 28. The summed E-state index contributed by atoms with van der Waals surface area (Å²) in [6.45, 7) is 29.2. The van der Waals surface area contributed by atoms with Crippen molar-refractivity contribution in [1.29, 1.82) is 0 Å².